The van der Waals surface area contributed by atoms with Gasteiger partial charge in [0.2, 0.25) is 0 Å². The Hall–Kier alpha value is -1.63. The standard InChI is InChI=1S/C16H17ClN2O3S/c1-23(21)22-6-5-14-9-18-16(20)15-8-12(10-19(14)15)11-3-2-4-13(17)7-11/h2-4,7-8,10,14H,5-6,9H2,1H3,(H,18,20). The fraction of sp³-hybridized carbons (Fsp3) is 0.312. The van der Waals surface area contributed by atoms with Crippen LogP contribution in [0.3, 0.4) is 0 Å². The number of amides is 1. The highest BCUT2D eigenvalue weighted by Gasteiger charge is 2.25. The first-order chi connectivity index (χ1) is 11.0. The normalized spacial score (nSPS) is 18.3. The average molecular weight is 353 g/mol. The molecule has 1 N–H and O–H groups in total. The molecule has 1 aromatic carbocycles. The van der Waals surface area contributed by atoms with Crippen molar-refractivity contribution in [2.45, 2.75) is 12.5 Å². The van der Waals surface area contributed by atoms with E-state index in [2.05, 4.69) is 5.32 Å². The molecule has 23 heavy (non-hydrogen) atoms. The Kier molecular flexibility index (Phi) is 4.84. The minimum absolute atomic E-state index is 0.0826. The lowest BCUT2D eigenvalue weighted by molar-refractivity contribution is 0.0909. The van der Waals surface area contributed by atoms with Crippen molar-refractivity contribution >= 4 is 28.6 Å². The number of halogens is 1. The van der Waals surface area contributed by atoms with E-state index in [0.29, 0.717) is 30.3 Å². The minimum Gasteiger partial charge on any atom is -0.349 e. The SMILES string of the molecule is CS(=O)OCCC1CNC(=O)c2cc(-c3cccc(Cl)c3)cn21. The van der Waals surface area contributed by atoms with Crippen LogP contribution < -0.4 is 5.32 Å². The lowest BCUT2D eigenvalue weighted by Gasteiger charge is -2.26. The topological polar surface area (TPSA) is 60.3 Å². The average Bonchev–Trinajstić information content (AvgIpc) is 2.95. The van der Waals surface area contributed by atoms with Gasteiger partial charge in [-0.3, -0.25) is 8.98 Å². The first-order valence-corrected chi connectivity index (χ1v) is 9.13. The largest absolute Gasteiger partial charge is 0.349 e. The number of fused-ring (bicyclic) bond motifs is 1. The Morgan fingerprint density at radius 1 is 1.39 bits per heavy atom. The van der Waals surface area contributed by atoms with E-state index in [-0.39, 0.29) is 11.9 Å². The summed E-state index contributed by atoms with van der Waals surface area (Å²) in [6.45, 7) is 0.920. The molecule has 122 valence electrons. The molecule has 5 nitrogen and oxygen atoms in total. The van der Waals surface area contributed by atoms with Crippen LogP contribution in [0.25, 0.3) is 11.1 Å². The first-order valence-electron chi connectivity index (χ1n) is 7.27. The summed E-state index contributed by atoms with van der Waals surface area (Å²) >= 11 is 4.77. The zero-order valence-corrected chi connectivity index (χ0v) is 14.2. The molecule has 1 aliphatic heterocycles. The molecule has 2 unspecified atom stereocenters. The molecule has 2 heterocycles. The zero-order valence-electron chi connectivity index (χ0n) is 12.6. The van der Waals surface area contributed by atoms with Gasteiger partial charge in [0.1, 0.15) is 5.69 Å². The summed E-state index contributed by atoms with van der Waals surface area (Å²) < 4.78 is 18.1. The van der Waals surface area contributed by atoms with Gasteiger partial charge in [0.25, 0.3) is 5.91 Å². The highest BCUT2D eigenvalue weighted by Crippen LogP contribution is 2.29. The second-order valence-corrected chi connectivity index (χ2v) is 6.88. The molecule has 1 aromatic heterocycles. The fourth-order valence-electron chi connectivity index (χ4n) is 2.73. The van der Waals surface area contributed by atoms with Gasteiger partial charge >= 0.3 is 0 Å². The molecule has 3 rings (SSSR count). The third-order valence-corrected chi connectivity index (χ3v) is 4.56. The van der Waals surface area contributed by atoms with Crippen LogP contribution in [0, 0.1) is 0 Å². The number of nitrogens with zero attached hydrogens (tertiary/aromatic N) is 1. The smallest absolute Gasteiger partial charge is 0.268 e. The predicted molar refractivity (Wildman–Crippen MR) is 90.9 cm³/mol. The quantitative estimate of drug-likeness (QED) is 0.900. The van der Waals surface area contributed by atoms with Crippen LogP contribution in [0.1, 0.15) is 23.0 Å². The number of hydrogen-bond acceptors (Lipinski definition) is 3. The van der Waals surface area contributed by atoms with Gasteiger partial charge in [0.15, 0.2) is 11.1 Å². The Bertz CT molecular complexity index is 760. The highest BCUT2D eigenvalue weighted by molar-refractivity contribution is 7.79. The summed E-state index contributed by atoms with van der Waals surface area (Å²) in [7, 11) is 0. The third kappa shape index (κ3) is 3.65. The van der Waals surface area contributed by atoms with Crippen molar-refractivity contribution in [1.82, 2.24) is 9.88 Å². The zero-order chi connectivity index (χ0) is 16.4. The van der Waals surface area contributed by atoms with Gasteiger partial charge in [0.05, 0.1) is 12.6 Å². The highest BCUT2D eigenvalue weighted by atomic mass is 35.5. The summed E-state index contributed by atoms with van der Waals surface area (Å²) in [5, 5.41) is 3.54. The van der Waals surface area contributed by atoms with Crippen molar-refractivity contribution in [3.63, 3.8) is 0 Å². The van der Waals surface area contributed by atoms with Gasteiger partial charge in [0, 0.05) is 29.6 Å². The monoisotopic (exact) mass is 352 g/mol. The molecule has 0 bridgehead atoms. The van der Waals surface area contributed by atoms with Gasteiger partial charge in [-0.25, -0.2) is 4.21 Å². The third-order valence-electron chi connectivity index (χ3n) is 3.83. The van der Waals surface area contributed by atoms with Crippen molar-refractivity contribution < 1.29 is 13.2 Å². The number of aromatic nitrogens is 1. The summed E-state index contributed by atoms with van der Waals surface area (Å²) in [6.07, 6.45) is 4.14. The molecule has 1 amide bonds. The van der Waals surface area contributed by atoms with Crippen LogP contribution in [-0.2, 0) is 15.3 Å². The van der Waals surface area contributed by atoms with Gasteiger partial charge < -0.3 is 9.88 Å². The van der Waals surface area contributed by atoms with Crippen LogP contribution in [0.5, 0.6) is 0 Å². The Morgan fingerprint density at radius 2 is 2.22 bits per heavy atom. The van der Waals surface area contributed by atoms with E-state index in [1.54, 1.807) is 0 Å². The number of hydrogen-bond donors (Lipinski definition) is 1. The maximum atomic E-state index is 12.1. The van der Waals surface area contributed by atoms with Crippen molar-refractivity contribution in [3.8, 4) is 11.1 Å². The van der Waals surface area contributed by atoms with E-state index < -0.39 is 11.1 Å². The van der Waals surface area contributed by atoms with Crippen molar-refractivity contribution in [2.75, 3.05) is 19.4 Å². The molecule has 2 atom stereocenters. The first kappa shape index (κ1) is 16.2. The van der Waals surface area contributed by atoms with E-state index in [1.807, 2.05) is 41.1 Å². The van der Waals surface area contributed by atoms with Gasteiger partial charge in [-0.2, -0.15) is 0 Å². The molecule has 7 heteroatoms. The van der Waals surface area contributed by atoms with Crippen LogP contribution in [-0.4, -0.2) is 34.1 Å². The fourth-order valence-corrected chi connectivity index (χ4v) is 3.25. The molecular formula is C16H17ClN2O3S. The second-order valence-electron chi connectivity index (χ2n) is 5.41. The second kappa shape index (κ2) is 6.86. The molecule has 0 radical (unpaired) electrons. The lowest BCUT2D eigenvalue weighted by Crippen LogP contribution is -2.38. The van der Waals surface area contributed by atoms with Crippen molar-refractivity contribution in [2.24, 2.45) is 0 Å². The van der Waals surface area contributed by atoms with Gasteiger partial charge in [-0.1, -0.05) is 23.7 Å². The summed E-state index contributed by atoms with van der Waals surface area (Å²) in [5.41, 5.74) is 2.54. The molecular weight excluding hydrogens is 336 g/mol. The van der Waals surface area contributed by atoms with Crippen LogP contribution >= 0.6 is 11.6 Å². The summed E-state index contributed by atoms with van der Waals surface area (Å²) in [6, 6.07) is 9.49. The van der Waals surface area contributed by atoms with E-state index in [1.165, 1.54) is 6.26 Å². The van der Waals surface area contributed by atoms with Crippen molar-refractivity contribution in [1.29, 1.82) is 0 Å². The Morgan fingerprint density at radius 3 is 2.96 bits per heavy atom. The number of carbonyl (C=O) groups is 1. The number of carbonyl (C=O) groups excluding carboxylic acids is 1. The molecule has 0 saturated carbocycles. The van der Waals surface area contributed by atoms with Crippen LogP contribution in [0.15, 0.2) is 36.5 Å². The maximum absolute atomic E-state index is 12.1. The molecule has 0 saturated heterocycles. The van der Waals surface area contributed by atoms with E-state index >= 15 is 0 Å². The Labute approximate surface area is 142 Å². The van der Waals surface area contributed by atoms with Crippen LogP contribution in [0.2, 0.25) is 5.02 Å². The van der Waals surface area contributed by atoms with E-state index in [0.717, 1.165) is 11.1 Å². The summed E-state index contributed by atoms with van der Waals surface area (Å²) in [4.78, 5) is 12.1. The number of nitrogens with one attached hydrogen (secondary N) is 1. The van der Waals surface area contributed by atoms with Gasteiger partial charge in [-0.05, 0) is 30.2 Å². The van der Waals surface area contributed by atoms with Crippen molar-refractivity contribution in [3.05, 3.63) is 47.2 Å². The van der Waals surface area contributed by atoms with Gasteiger partial charge in [-0.15, -0.1) is 0 Å². The van der Waals surface area contributed by atoms with E-state index in [9.17, 15) is 9.00 Å². The Balaban J connectivity index is 1.87. The molecule has 0 fully saturated rings. The number of rotatable bonds is 5. The predicted octanol–water partition coefficient (Wildman–Crippen LogP) is 2.79. The molecule has 0 spiro atoms. The lowest BCUT2D eigenvalue weighted by atomic mass is 10.1. The molecule has 0 aliphatic carbocycles. The van der Waals surface area contributed by atoms with Crippen LogP contribution in [0.4, 0.5) is 0 Å². The maximum Gasteiger partial charge on any atom is 0.268 e. The minimum atomic E-state index is -1.27. The molecule has 1 aliphatic rings. The summed E-state index contributed by atoms with van der Waals surface area (Å²) in [5.74, 6) is -0.0884. The molecule has 2 aromatic rings. The van der Waals surface area contributed by atoms with E-state index in [4.69, 9.17) is 15.8 Å². The number of benzene rings is 1.